The number of hydrogen-bond donors (Lipinski definition) is 3. The number of nitrogens with one attached hydrogen (secondary N) is 3. The van der Waals surface area contributed by atoms with Crippen molar-refractivity contribution < 1.29 is 19.1 Å². The number of thiocarbonyl (C=S) groups is 1. The summed E-state index contributed by atoms with van der Waals surface area (Å²) < 4.78 is 10.1. The Hall–Kier alpha value is -3.91. The Kier molecular flexibility index (Phi) is 7.18. The molecule has 0 atom stereocenters. The molecule has 0 bridgehead atoms. The smallest absolute Gasteiger partial charge is 0.337 e. The van der Waals surface area contributed by atoms with E-state index in [0.29, 0.717) is 33.9 Å². The second kappa shape index (κ2) is 10.2. The fraction of sp³-hybridized carbons (Fsp3) is 0.0870. The monoisotopic (exact) mass is 435 g/mol. The molecule has 8 heteroatoms. The van der Waals surface area contributed by atoms with Gasteiger partial charge in [-0.25, -0.2) is 4.79 Å². The minimum atomic E-state index is -0.443. The van der Waals surface area contributed by atoms with Crippen molar-refractivity contribution in [3.63, 3.8) is 0 Å². The van der Waals surface area contributed by atoms with E-state index in [2.05, 4.69) is 16.0 Å². The standard InChI is InChI=1S/C23H21N3O4S/c1-29-20-12-11-15(21(27)24-17-8-4-3-5-9-17)14-19(20)26-23(31)25-18-10-6-7-16(13-18)22(28)30-2/h3-14H,1-2H3,(H,24,27)(H2,25,26,31). The molecule has 0 aromatic heterocycles. The van der Waals surface area contributed by atoms with E-state index in [0.717, 1.165) is 0 Å². The lowest BCUT2D eigenvalue weighted by molar-refractivity contribution is 0.0600. The maximum atomic E-state index is 12.6. The molecule has 0 aliphatic carbocycles. The second-order valence-electron chi connectivity index (χ2n) is 6.39. The van der Waals surface area contributed by atoms with Gasteiger partial charge in [0.2, 0.25) is 0 Å². The van der Waals surface area contributed by atoms with Gasteiger partial charge in [-0.05, 0) is 60.7 Å². The minimum Gasteiger partial charge on any atom is -0.495 e. The van der Waals surface area contributed by atoms with Crippen molar-refractivity contribution in [3.8, 4) is 5.75 Å². The molecule has 3 N–H and O–H groups in total. The van der Waals surface area contributed by atoms with Gasteiger partial charge in [0.1, 0.15) is 5.75 Å². The number of rotatable bonds is 6. The van der Waals surface area contributed by atoms with Gasteiger partial charge < -0.3 is 25.4 Å². The topological polar surface area (TPSA) is 88.7 Å². The second-order valence-corrected chi connectivity index (χ2v) is 6.79. The molecule has 0 saturated carbocycles. The molecule has 0 heterocycles. The molecular formula is C23H21N3O4S. The average Bonchev–Trinajstić information content (AvgIpc) is 2.79. The fourth-order valence-corrected chi connectivity index (χ4v) is 3.03. The van der Waals surface area contributed by atoms with Crippen LogP contribution < -0.4 is 20.7 Å². The Morgan fingerprint density at radius 1 is 0.774 bits per heavy atom. The number of carbonyl (C=O) groups is 2. The van der Waals surface area contributed by atoms with Gasteiger partial charge in [0.15, 0.2) is 5.11 Å². The third-order valence-corrected chi connectivity index (χ3v) is 4.49. The van der Waals surface area contributed by atoms with Gasteiger partial charge in [-0.15, -0.1) is 0 Å². The first-order valence-corrected chi connectivity index (χ1v) is 9.72. The van der Waals surface area contributed by atoms with Crippen molar-refractivity contribution in [2.24, 2.45) is 0 Å². The summed E-state index contributed by atoms with van der Waals surface area (Å²) in [7, 11) is 2.85. The Morgan fingerprint density at radius 3 is 2.23 bits per heavy atom. The van der Waals surface area contributed by atoms with Crippen LogP contribution in [-0.4, -0.2) is 31.2 Å². The largest absolute Gasteiger partial charge is 0.495 e. The molecule has 3 aromatic rings. The predicted octanol–water partition coefficient (Wildman–Crippen LogP) is 4.54. The molecule has 0 fully saturated rings. The molecule has 0 radical (unpaired) electrons. The maximum Gasteiger partial charge on any atom is 0.337 e. The Morgan fingerprint density at radius 2 is 1.52 bits per heavy atom. The zero-order chi connectivity index (χ0) is 22.2. The van der Waals surface area contributed by atoms with Gasteiger partial charge >= 0.3 is 5.97 Å². The Labute approximate surface area is 185 Å². The molecule has 31 heavy (non-hydrogen) atoms. The van der Waals surface area contributed by atoms with Crippen molar-refractivity contribution in [1.29, 1.82) is 0 Å². The quantitative estimate of drug-likeness (QED) is 0.387. The molecule has 158 valence electrons. The Balaban J connectivity index is 1.74. The molecule has 3 rings (SSSR count). The van der Waals surface area contributed by atoms with Crippen LogP contribution in [0.4, 0.5) is 17.1 Å². The van der Waals surface area contributed by atoms with Crippen molar-refractivity contribution >= 4 is 46.3 Å². The highest BCUT2D eigenvalue weighted by Gasteiger charge is 2.12. The number of carbonyl (C=O) groups excluding carboxylic acids is 2. The van der Waals surface area contributed by atoms with Crippen molar-refractivity contribution in [3.05, 3.63) is 83.9 Å². The highest BCUT2D eigenvalue weighted by atomic mass is 32.1. The lowest BCUT2D eigenvalue weighted by Gasteiger charge is -2.15. The summed E-state index contributed by atoms with van der Waals surface area (Å²) in [6, 6.07) is 20.9. The van der Waals surface area contributed by atoms with E-state index in [1.165, 1.54) is 14.2 Å². The SMILES string of the molecule is COC(=O)c1cccc(NC(=S)Nc2cc(C(=O)Nc3ccccc3)ccc2OC)c1. The van der Waals surface area contributed by atoms with Gasteiger partial charge in [-0.3, -0.25) is 4.79 Å². The third-order valence-electron chi connectivity index (χ3n) is 4.28. The van der Waals surface area contributed by atoms with Gasteiger partial charge in [0.05, 0.1) is 25.5 Å². The van der Waals surface area contributed by atoms with E-state index in [9.17, 15) is 9.59 Å². The van der Waals surface area contributed by atoms with Crippen LogP contribution in [0, 0.1) is 0 Å². The highest BCUT2D eigenvalue weighted by molar-refractivity contribution is 7.80. The van der Waals surface area contributed by atoms with Crippen LogP contribution in [0.3, 0.4) is 0 Å². The van der Waals surface area contributed by atoms with E-state index < -0.39 is 5.97 Å². The molecule has 0 saturated heterocycles. The lowest BCUT2D eigenvalue weighted by Crippen LogP contribution is -2.20. The number of methoxy groups -OCH3 is 2. The summed E-state index contributed by atoms with van der Waals surface area (Å²) in [5, 5.41) is 9.14. The van der Waals surface area contributed by atoms with Gasteiger partial charge in [0, 0.05) is 16.9 Å². The zero-order valence-electron chi connectivity index (χ0n) is 17.0. The summed E-state index contributed by atoms with van der Waals surface area (Å²) >= 11 is 5.38. The van der Waals surface area contributed by atoms with Crippen LogP contribution in [0.15, 0.2) is 72.8 Å². The van der Waals surface area contributed by atoms with E-state index in [4.69, 9.17) is 21.7 Å². The molecular weight excluding hydrogens is 414 g/mol. The van der Waals surface area contributed by atoms with Crippen LogP contribution in [-0.2, 0) is 4.74 Å². The number of ether oxygens (including phenoxy) is 2. The molecule has 0 aliphatic heterocycles. The first-order valence-electron chi connectivity index (χ1n) is 9.31. The highest BCUT2D eigenvalue weighted by Crippen LogP contribution is 2.26. The first-order chi connectivity index (χ1) is 15.0. The summed E-state index contributed by atoms with van der Waals surface area (Å²) in [5.41, 5.74) is 2.65. The van der Waals surface area contributed by atoms with E-state index in [-0.39, 0.29) is 11.0 Å². The third kappa shape index (κ3) is 5.80. The maximum absolute atomic E-state index is 12.6. The fourth-order valence-electron chi connectivity index (χ4n) is 2.80. The number of amides is 1. The lowest BCUT2D eigenvalue weighted by atomic mass is 10.1. The van der Waals surface area contributed by atoms with Gasteiger partial charge in [-0.2, -0.15) is 0 Å². The average molecular weight is 436 g/mol. The van der Waals surface area contributed by atoms with Crippen molar-refractivity contribution in [2.45, 2.75) is 0 Å². The van der Waals surface area contributed by atoms with E-state index >= 15 is 0 Å². The molecule has 3 aromatic carbocycles. The predicted molar refractivity (Wildman–Crippen MR) is 125 cm³/mol. The van der Waals surface area contributed by atoms with Crippen LogP contribution in [0.1, 0.15) is 20.7 Å². The number of anilines is 3. The van der Waals surface area contributed by atoms with Crippen LogP contribution in [0.2, 0.25) is 0 Å². The first kappa shape index (κ1) is 21.8. The number of para-hydroxylation sites is 1. The number of benzene rings is 3. The van der Waals surface area contributed by atoms with Crippen molar-refractivity contribution in [1.82, 2.24) is 0 Å². The summed E-state index contributed by atoms with van der Waals surface area (Å²) in [6.07, 6.45) is 0. The van der Waals surface area contributed by atoms with Gasteiger partial charge in [0.25, 0.3) is 5.91 Å². The van der Waals surface area contributed by atoms with Crippen LogP contribution in [0.25, 0.3) is 0 Å². The van der Waals surface area contributed by atoms with Crippen LogP contribution >= 0.6 is 12.2 Å². The number of esters is 1. The molecule has 7 nitrogen and oxygen atoms in total. The molecule has 0 spiro atoms. The number of hydrogen-bond acceptors (Lipinski definition) is 5. The molecule has 0 aliphatic rings. The van der Waals surface area contributed by atoms with Gasteiger partial charge in [-0.1, -0.05) is 24.3 Å². The van der Waals surface area contributed by atoms with E-state index in [1.807, 2.05) is 30.3 Å². The zero-order valence-corrected chi connectivity index (χ0v) is 17.8. The van der Waals surface area contributed by atoms with E-state index in [1.54, 1.807) is 42.5 Å². The van der Waals surface area contributed by atoms with Crippen LogP contribution in [0.5, 0.6) is 5.75 Å². The molecule has 1 amide bonds. The summed E-state index contributed by atoms with van der Waals surface area (Å²) in [6.45, 7) is 0. The van der Waals surface area contributed by atoms with Crippen molar-refractivity contribution in [2.75, 3.05) is 30.2 Å². The molecule has 0 unspecified atom stereocenters. The minimum absolute atomic E-state index is 0.262. The summed E-state index contributed by atoms with van der Waals surface area (Å²) in [4.78, 5) is 24.3. The normalized spacial score (nSPS) is 10.0. The Bertz CT molecular complexity index is 1100. The summed E-state index contributed by atoms with van der Waals surface area (Å²) in [5.74, 6) is -0.188.